The lowest BCUT2D eigenvalue weighted by Gasteiger charge is -1.95. The summed E-state index contributed by atoms with van der Waals surface area (Å²) in [4.78, 5) is 0. The first-order valence-corrected chi connectivity index (χ1v) is 1.75. The average molecular weight is 99.1 g/mol. The van der Waals surface area contributed by atoms with Crippen LogP contribution in [0.5, 0.6) is 0 Å². The Balaban J connectivity index is 3.55. The summed E-state index contributed by atoms with van der Waals surface area (Å²) in [5.41, 5.74) is 0. The molecule has 0 heterocycles. The third kappa shape index (κ3) is 2.00. The summed E-state index contributed by atoms with van der Waals surface area (Å²) in [6, 6.07) is 0. The molecule has 39 valence electrons. The van der Waals surface area contributed by atoms with Crippen LogP contribution in [0.2, 0.25) is 0 Å². The minimum atomic E-state index is -0.352. The van der Waals surface area contributed by atoms with E-state index < -0.39 is 0 Å². The maximum atomic E-state index is 8.38. The van der Waals surface area contributed by atoms with Gasteiger partial charge in [-0.3, -0.25) is 0 Å². The summed E-state index contributed by atoms with van der Waals surface area (Å²) < 4.78 is 0. The molecule has 0 fully saturated rings. The Morgan fingerprint density at radius 3 is 1.86 bits per heavy atom. The standard InChI is InChI=1S/C5H7O2/c1-3-5(7)4(2)6/h3,6-7H,1-2H2. The van der Waals surface area contributed by atoms with Gasteiger partial charge in [0.2, 0.25) is 0 Å². The molecule has 0 bridgehead atoms. The Morgan fingerprint density at radius 1 is 1.43 bits per heavy atom. The molecule has 0 saturated heterocycles. The summed E-state index contributed by atoms with van der Waals surface area (Å²) in [6.07, 6.45) is 0.836. The number of rotatable bonds is 2. The second kappa shape index (κ2) is 2.42. The predicted octanol–water partition coefficient (Wildman–Crippen LogP) is 1.15. The molecule has 0 aliphatic heterocycles. The Morgan fingerprint density at radius 2 is 1.86 bits per heavy atom. The van der Waals surface area contributed by atoms with Crippen molar-refractivity contribution in [2.45, 2.75) is 0 Å². The molecule has 0 atom stereocenters. The zero-order valence-electron chi connectivity index (χ0n) is 3.89. The fraction of sp³-hybridized carbons (Fsp3) is 0. The third-order valence-corrected chi connectivity index (χ3v) is 0.489. The van der Waals surface area contributed by atoms with E-state index in [1.807, 2.05) is 0 Å². The Kier molecular flexibility index (Phi) is 2.16. The van der Waals surface area contributed by atoms with Crippen LogP contribution in [-0.2, 0) is 0 Å². The van der Waals surface area contributed by atoms with Gasteiger partial charge in [-0.05, 0) is 6.08 Å². The quantitative estimate of drug-likeness (QED) is 0.510. The summed E-state index contributed by atoms with van der Waals surface area (Å²) in [7, 11) is 0. The largest absolute Gasteiger partial charge is 0.509 e. The molecule has 2 heteroatoms. The van der Waals surface area contributed by atoms with Gasteiger partial charge >= 0.3 is 0 Å². The second-order valence-electron chi connectivity index (χ2n) is 1.04. The minimum absolute atomic E-state index is 0.278. The number of aliphatic hydroxyl groups is 2. The van der Waals surface area contributed by atoms with Crippen molar-refractivity contribution in [2.24, 2.45) is 0 Å². The van der Waals surface area contributed by atoms with Crippen LogP contribution in [0.1, 0.15) is 0 Å². The highest BCUT2D eigenvalue weighted by molar-refractivity contribution is 5.15. The molecule has 0 saturated carbocycles. The predicted molar refractivity (Wildman–Crippen MR) is 27.1 cm³/mol. The smallest absolute Gasteiger partial charge is 0.178 e. The van der Waals surface area contributed by atoms with Crippen molar-refractivity contribution >= 4 is 0 Å². The molecule has 0 aliphatic carbocycles. The van der Waals surface area contributed by atoms with E-state index in [1.54, 1.807) is 0 Å². The van der Waals surface area contributed by atoms with E-state index in [1.165, 1.54) is 0 Å². The summed E-state index contributed by atoms with van der Waals surface area (Å²) in [5, 5.41) is 16.7. The van der Waals surface area contributed by atoms with E-state index in [4.69, 9.17) is 10.2 Å². The van der Waals surface area contributed by atoms with Crippen LogP contribution in [-0.4, -0.2) is 10.2 Å². The molecule has 0 aromatic carbocycles. The fourth-order valence-corrected chi connectivity index (χ4v) is 0.118. The zero-order valence-corrected chi connectivity index (χ0v) is 3.89. The molecule has 0 aromatic rings. The van der Waals surface area contributed by atoms with Crippen LogP contribution in [0.3, 0.4) is 0 Å². The highest BCUT2D eigenvalue weighted by Crippen LogP contribution is 2.01. The van der Waals surface area contributed by atoms with E-state index in [0.717, 1.165) is 6.08 Å². The van der Waals surface area contributed by atoms with E-state index in [-0.39, 0.29) is 11.9 Å². The summed E-state index contributed by atoms with van der Waals surface area (Å²) in [6.45, 7) is 6.20. The molecule has 2 nitrogen and oxygen atoms in total. The van der Waals surface area contributed by atoms with Gasteiger partial charge in [0.25, 0.3) is 0 Å². The Hall–Kier alpha value is -0.760. The molecule has 1 radical (unpaired) electrons. The van der Waals surface area contributed by atoms with Crippen LogP contribution in [0.25, 0.3) is 0 Å². The molecule has 0 rings (SSSR count). The van der Waals surface area contributed by atoms with Gasteiger partial charge in [0.05, 0.1) is 0 Å². The number of hydrogen-bond acceptors (Lipinski definition) is 2. The first-order chi connectivity index (χ1) is 3.18. The first-order valence-electron chi connectivity index (χ1n) is 1.75. The first kappa shape index (κ1) is 6.24. The monoisotopic (exact) mass is 99.0 g/mol. The van der Waals surface area contributed by atoms with Gasteiger partial charge in [0.15, 0.2) is 6.10 Å². The van der Waals surface area contributed by atoms with Crippen molar-refractivity contribution in [1.82, 2.24) is 0 Å². The SMILES string of the molecule is C=C[C](O)C(=C)O. The maximum absolute atomic E-state index is 8.38. The van der Waals surface area contributed by atoms with Gasteiger partial charge in [-0.1, -0.05) is 13.2 Å². The summed E-state index contributed by atoms with van der Waals surface area (Å²) >= 11 is 0. The number of aliphatic hydroxyl groups excluding tert-OH is 2. The fourth-order valence-electron chi connectivity index (χ4n) is 0.118. The molecule has 0 amide bonds. The van der Waals surface area contributed by atoms with Crippen molar-refractivity contribution in [1.29, 1.82) is 0 Å². The Labute approximate surface area is 42.4 Å². The summed E-state index contributed by atoms with van der Waals surface area (Å²) in [5.74, 6) is -0.352. The van der Waals surface area contributed by atoms with Gasteiger partial charge in [-0.25, -0.2) is 0 Å². The lowest BCUT2D eigenvalue weighted by Crippen LogP contribution is -1.91. The van der Waals surface area contributed by atoms with Crippen molar-refractivity contribution in [3.8, 4) is 0 Å². The van der Waals surface area contributed by atoms with Crippen molar-refractivity contribution in [3.05, 3.63) is 31.1 Å². The van der Waals surface area contributed by atoms with E-state index >= 15 is 0 Å². The van der Waals surface area contributed by atoms with Gasteiger partial charge in [0, 0.05) is 0 Å². The lowest BCUT2D eigenvalue weighted by atomic mass is 10.3. The van der Waals surface area contributed by atoms with Gasteiger partial charge in [-0.2, -0.15) is 0 Å². The molecular weight excluding hydrogens is 92.1 g/mol. The van der Waals surface area contributed by atoms with Crippen LogP contribution in [0, 0.1) is 6.10 Å². The highest BCUT2D eigenvalue weighted by Gasteiger charge is 1.99. The second-order valence-corrected chi connectivity index (χ2v) is 1.04. The van der Waals surface area contributed by atoms with E-state index in [9.17, 15) is 0 Å². The van der Waals surface area contributed by atoms with Crippen LogP contribution < -0.4 is 0 Å². The van der Waals surface area contributed by atoms with Gasteiger partial charge in [-0.15, -0.1) is 0 Å². The normalized spacial score (nSPS) is 8.86. The van der Waals surface area contributed by atoms with Gasteiger partial charge in [0.1, 0.15) is 5.76 Å². The average Bonchev–Trinajstić information content (AvgIpc) is 1.65. The highest BCUT2D eigenvalue weighted by atomic mass is 16.3. The molecule has 7 heavy (non-hydrogen) atoms. The third-order valence-electron chi connectivity index (χ3n) is 0.489. The Bertz CT molecular complexity index is 86.1. The molecule has 0 aromatic heterocycles. The number of hydrogen-bond donors (Lipinski definition) is 2. The minimum Gasteiger partial charge on any atom is -0.509 e. The van der Waals surface area contributed by atoms with E-state index in [0.29, 0.717) is 0 Å². The topological polar surface area (TPSA) is 40.5 Å². The zero-order chi connectivity index (χ0) is 5.86. The van der Waals surface area contributed by atoms with E-state index in [2.05, 4.69) is 13.2 Å². The van der Waals surface area contributed by atoms with Gasteiger partial charge < -0.3 is 10.2 Å². The molecule has 0 spiro atoms. The molecule has 0 aliphatic rings. The molecular formula is C5H7O2. The van der Waals surface area contributed by atoms with Crippen molar-refractivity contribution < 1.29 is 10.2 Å². The maximum Gasteiger partial charge on any atom is 0.178 e. The lowest BCUT2D eigenvalue weighted by molar-refractivity contribution is 0.279. The van der Waals surface area contributed by atoms with Crippen molar-refractivity contribution in [3.63, 3.8) is 0 Å². The van der Waals surface area contributed by atoms with Crippen LogP contribution >= 0.6 is 0 Å². The van der Waals surface area contributed by atoms with Crippen molar-refractivity contribution in [2.75, 3.05) is 0 Å². The van der Waals surface area contributed by atoms with Crippen LogP contribution in [0.15, 0.2) is 25.0 Å². The molecule has 0 unspecified atom stereocenters. The van der Waals surface area contributed by atoms with Crippen LogP contribution in [0.4, 0.5) is 0 Å². The molecule has 2 N–H and O–H groups in total.